The van der Waals surface area contributed by atoms with E-state index in [0.29, 0.717) is 4.99 Å². The molecule has 0 bridgehead atoms. The van der Waals surface area contributed by atoms with Gasteiger partial charge in [0.25, 0.3) is 0 Å². The first-order valence-corrected chi connectivity index (χ1v) is 5.76. The molecule has 0 fully saturated rings. The summed E-state index contributed by atoms with van der Waals surface area (Å²) in [7, 11) is 3.91. The van der Waals surface area contributed by atoms with Crippen LogP contribution in [0.4, 0.5) is 5.69 Å². The maximum absolute atomic E-state index is 5.73. The van der Waals surface area contributed by atoms with Gasteiger partial charge in [0.2, 0.25) is 0 Å². The zero-order valence-corrected chi connectivity index (χ0v) is 10.7. The molecule has 0 spiro atoms. The summed E-state index contributed by atoms with van der Waals surface area (Å²) in [4.78, 5) is 0.428. The smallest absolute Gasteiger partial charge is 0.104 e. The van der Waals surface area contributed by atoms with Crippen molar-refractivity contribution in [3.63, 3.8) is 0 Å². The van der Waals surface area contributed by atoms with Crippen LogP contribution >= 0.6 is 12.2 Å². The van der Waals surface area contributed by atoms with Gasteiger partial charge in [-0.3, -0.25) is 0 Å². The minimum atomic E-state index is 0.428. The standard InChI is InChI=1S/C13H15N3S/c1-16(2)15-12-8-7-11(13(14)17)9-5-3-4-6-10(9)12/h3-8,15H,1-2H3,(H2,14,17). The fraction of sp³-hybridized carbons (Fsp3) is 0.154. The van der Waals surface area contributed by atoms with Crippen LogP contribution in [0.2, 0.25) is 0 Å². The van der Waals surface area contributed by atoms with Crippen molar-refractivity contribution >= 4 is 33.7 Å². The van der Waals surface area contributed by atoms with Crippen LogP contribution in [-0.4, -0.2) is 24.1 Å². The van der Waals surface area contributed by atoms with Crippen molar-refractivity contribution in [1.82, 2.24) is 5.01 Å². The SMILES string of the molecule is CN(C)Nc1ccc(C(N)=S)c2ccccc12. The first kappa shape index (κ1) is 11.8. The van der Waals surface area contributed by atoms with Gasteiger partial charge in [-0.05, 0) is 17.5 Å². The molecule has 3 nitrogen and oxygen atoms in total. The van der Waals surface area contributed by atoms with E-state index in [4.69, 9.17) is 18.0 Å². The molecule has 0 amide bonds. The van der Waals surface area contributed by atoms with Crippen molar-refractivity contribution in [2.75, 3.05) is 19.5 Å². The summed E-state index contributed by atoms with van der Waals surface area (Å²) in [6.07, 6.45) is 0. The molecule has 0 radical (unpaired) electrons. The third-order valence-electron chi connectivity index (χ3n) is 2.53. The third kappa shape index (κ3) is 2.38. The van der Waals surface area contributed by atoms with E-state index in [1.54, 1.807) is 0 Å². The van der Waals surface area contributed by atoms with E-state index >= 15 is 0 Å². The third-order valence-corrected chi connectivity index (χ3v) is 2.75. The molecule has 4 heteroatoms. The number of thiocarbonyl (C=S) groups is 1. The molecular formula is C13H15N3S. The highest BCUT2D eigenvalue weighted by Gasteiger charge is 2.07. The largest absolute Gasteiger partial charge is 0.389 e. The Morgan fingerprint density at radius 1 is 1.12 bits per heavy atom. The number of rotatable bonds is 3. The number of nitrogens with one attached hydrogen (secondary N) is 1. The first-order chi connectivity index (χ1) is 8.09. The molecule has 88 valence electrons. The van der Waals surface area contributed by atoms with Crippen molar-refractivity contribution < 1.29 is 0 Å². The molecule has 0 aliphatic heterocycles. The number of nitrogens with two attached hydrogens (primary N) is 1. The Labute approximate surface area is 106 Å². The Bertz CT molecular complexity index is 564. The van der Waals surface area contributed by atoms with Gasteiger partial charge in [-0.1, -0.05) is 36.5 Å². The predicted octanol–water partition coefficient (Wildman–Crippen LogP) is 2.36. The maximum atomic E-state index is 5.73. The predicted molar refractivity (Wildman–Crippen MR) is 77.1 cm³/mol. The maximum Gasteiger partial charge on any atom is 0.104 e. The molecular weight excluding hydrogens is 230 g/mol. The van der Waals surface area contributed by atoms with Gasteiger partial charge >= 0.3 is 0 Å². The molecule has 0 saturated heterocycles. The van der Waals surface area contributed by atoms with Crippen LogP contribution in [0.25, 0.3) is 10.8 Å². The van der Waals surface area contributed by atoms with Gasteiger partial charge in [-0.25, -0.2) is 5.01 Å². The highest BCUT2D eigenvalue weighted by Crippen LogP contribution is 2.26. The summed E-state index contributed by atoms with van der Waals surface area (Å²) in [5.74, 6) is 0. The molecule has 0 aliphatic carbocycles. The highest BCUT2D eigenvalue weighted by molar-refractivity contribution is 7.80. The number of fused-ring (bicyclic) bond motifs is 1. The first-order valence-electron chi connectivity index (χ1n) is 5.35. The lowest BCUT2D eigenvalue weighted by Crippen LogP contribution is -2.20. The lowest BCUT2D eigenvalue weighted by Gasteiger charge is -2.16. The summed E-state index contributed by atoms with van der Waals surface area (Å²) < 4.78 is 0. The quantitative estimate of drug-likeness (QED) is 0.643. The number of hydrazine groups is 1. The van der Waals surface area contributed by atoms with Crippen LogP contribution in [-0.2, 0) is 0 Å². The number of nitrogens with zero attached hydrogens (tertiary/aromatic N) is 1. The second-order valence-electron chi connectivity index (χ2n) is 4.08. The Morgan fingerprint density at radius 3 is 2.35 bits per heavy atom. The molecule has 0 heterocycles. The van der Waals surface area contributed by atoms with E-state index < -0.39 is 0 Å². The minimum absolute atomic E-state index is 0.428. The molecule has 2 aromatic carbocycles. The number of hydrogen-bond donors (Lipinski definition) is 2. The van der Waals surface area contributed by atoms with E-state index in [9.17, 15) is 0 Å². The zero-order chi connectivity index (χ0) is 12.4. The highest BCUT2D eigenvalue weighted by atomic mass is 32.1. The van der Waals surface area contributed by atoms with E-state index in [2.05, 4.69) is 11.5 Å². The van der Waals surface area contributed by atoms with Crippen molar-refractivity contribution in [2.24, 2.45) is 5.73 Å². The van der Waals surface area contributed by atoms with Crippen LogP contribution in [0.3, 0.4) is 0 Å². The van der Waals surface area contributed by atoms with Gasteiger partial charge in [0.15, 0.2) is 0 Å². The Morgan fingerprint density at radius 2 is 1.76 bits per heavy atom. The Kier molecular flexibility index (Phi) is 3.26. The summed E-state index contributed by atoms with van der Waals surface area (Å²) in [5, 5.41) is 4.10. The normalized spacial score (nSPS) is 10.8. The molecule has 0 aliphatic rings. The average molecular weight is 245 g/mol. The molecule has 0 aromatic heterocycles. The van der Waals surface area contributed by atoms with Crippen LogP contribution in [0.15, 0.2) is 36.4 Å². The summed E-state index contributed by atoms with van der Waals surface area (Å²) in [6.45, 7) is 0. The fourth-order valence-electron chi connectivity index (χ4n) is 1.85. The average Bonchev–Trinajstić information content (AvgIpc) is 2.28. The van der Waals surface area contributed by atoms with Crippen molar-refractivity contribution in [3.05, 3.63) is 42.0 Å². The molecule has 0 atom stereocenters. The molecule has 0 unspecified atom stereocenters. The van der Waals surface area contributed by atoms with Gasteiger partial charge in [-0.15, -0.1) is 0 Å². The zero-order valence-electron chi connectivity index (χ0n) is 9.90. The second kappa shape index (κ2) is 4.69. The fourth-order valence-corrected chi connectivity index (χ4v) is 2.03. The lowest BCUT2D eigenvalue weighted by molar-refractivity contribution is 0.496. The Balaban J connectivity index is 2.66. The Hall–Kier alpha value is -1.65. The van der Waals surface area contributed by atoms with E-state index in [-0.39, 0.29) is 0 Å². The van der Waals surface area contributed by atoms with E-state index in [1.165, 1.54) is 0 Å². The van der Waals surface area contributed by atoms with Crippen LogP contribution in [0, 0.1) is 0 Å². The summed E-state index contributed by atoms with van der Waals surface area (Å²) >= 11 is 5.07. The molecule has 2 rings (SSSR count). The van der Waals surface area contributed by atoms with Crippen molar-refractivity contribution in [3.8, 4) is 0 Å². The summed E-state index contributed by atoms with van der Waals surface area (Å²) in [6, 6.07) is 12.0. The van der Waals surface area contributed by atoms with Gasteiger partial charge in [0, 0.05) is 25.0 Å². The van der Waals surface area contributed by atoms with Gasteiger partial charge in [0.05, 0.1) is 5.69 Å². The number of benzene rings is 2. The van der Waals surface area contributed by atoms with Gasteiger partial charge < -0.3 is 11.2 Å². The topological polar surface area (TPSA) is 41.3 Å². The number of hydrogen-bond acceptors (Lipinski definition) is 3. The minimum Gasteiger partial charge on any atom is -0.389 e. The molecule has 2 aromatic rings. The second-order valence-corrected chi connectivity index (χ2v) is 4.52. The van der Waals surface area contributed by atoms with Crippen molar-refractivity contribution in [2.45, 2.75) is 0 Å². The van der Waals surface area contributed by atoms with E-state index in [0.717, 1.165) is 22.0 Å². The summed E-state index contributed by atoms with van der Waals surface area (Å²) in [5.41, 5.74) is 11.0. The molecule has 3 N–H and O–H groups in total. The molecule has 17 heavy (non-hydrogen) atoms. The molecule has 0 saturated carbocycles. The van der Waals surface area contributed by atoms with Gasteiger partial charge in [0.1, 0.15) is 4.99 Å². The van der Waals surface area contributed by atoms with Crippen LogP contribution in [0.1, 0.15) is 5.56 Å². The van der Waals surface area contributed by atoms with Gasteiger partial charge in [-0.2, -0.15) is 0 Å². The van der Waals surface area contributed by atoms with Crippen LogP contribution in [0.5, 0.6) is 0 Å². The number of anilines is 1. The van der Waals surface area contributed by atoms with E-state index in [1.807, 2.05) is 49.4 Å². The lowest BCUT2D eigenvalue weighted by atomic mass is 10.0. The monoisotopic (exact) mass is 245 g/mol. The van der Waals surface area contributed by atoms with Crippen LogP contribution < -0.4 is 11.2 Å². The van der Waals surface area contributed by atoms with Crippen molar-refractivity contribution in [1.29, 1.82) is 0 Å².